The van der Waals surface area contributed by atoms with E-state index in [0.717, 1.165) is 24.0 Å². The highest BCUT2D eigenvalue weighted by Gasteiger charge is 2.21. The van der Waals surface area contributed by atoms with Crippen LogP contribution in [0.3, 0.4) is 0 Å². The van der Waals surface area contributed by atoms with Crippen LogP contribution < -0.4 is 5.32 Å². The second-order valence-corrected chi connectivity index (χ2v) is 6.15. The Morgan fingerprint density at radius 1 is 1.04 bits per heavy atom. The summed E-state index contributed by atoms with van der Waals surface area (Å²) in [4.78, 5) is 23.5. The minimum absolute atomic E-state index is 0.0375. The van der Waals surface area contributed by atoms with Gasteiger partial charge in [0.1, 0.15) is 0 Å². The van der Waals surface area contributed by atoms with E-state index in [1.165, 1.54) is 0 Å². The molecule has 0 unspecified atom stereocenters. The van der Waals surface area contributed by atoms with E-state index in [1.54, 1.807) is 18.2 Å². The minimum atomic E-state index is -0.941. The molecule has 1 amide bonds. The highest BCUT2D eigenvalue weighted by Crippen LogP contribution is 2.24. The highest BCUT2D eigenvalue weighted by molar-refractivity contribution is 5.96. The molecule has 1 heterocycles. The molecule has 1 aliphatic heterocycles. The van der Waals surface area contributed by atoms with Gasteiger partial charge in [0.05, 0.1) is 5.56 Å². The Bertz CT molecular complexity index is 749. The summed E-state index contributed by atoms with van der Waals surface area (Å²) >= 11 is 0. The number of carboxylic acid groups (broad SMARTS) is 1. The van der Waals surface area contributed by atoms with Gasteiger partial charge in [-0.2, -0.15) is 0 Å². The molecule has 0 aliphatic carbocycles. The van der Waals surface area contributed by atoms with Crippen LogP contribution in [0.1, 0.15) is 28.8 Å². The van der Waals surface area contributed by atoms with Crippen molar-refractivity contribution in [2.75, 3.05) is 13.2 Å². The van der Waals surface area contributed by atoms with E-state index < -0.39 is 5.97 Å². The molecule has 3 rings (SSSR count). The van der Waals surface area contributed by atoms with Gasteiger partial charge >= 0.3 is 5.97 Å². The summed E-state index contributed by atoms with van der Waals surface area (Å²) in [5, 5.41) is 12.3. The van der Waals surface area contributed by atoms with E-state index in [2.05, 4.69) is 5.32 Å². The molecule has 0 saturated carbocycles. The molecule has 1 aliphatic rings. The Balaban J connectivity index is 1.65. The first-order valence-electron chi connectivity index (χ1n) is 8.42. The van der Waals surface area contributed by atoms with Gasteiger partial charge < -0.3 is 15.2 Å². The lowest BCUT2D eigenvalue weighted by Crippen LogP contribution is -2.33. The van der Waals surface area contributed by atoms with Crippen LogP contribution in [-0.4, -0.2) is 30.2 Å². The summed E-state index contributed by atoms with van der Waals surface area (Å²) in [6.07, 6.45) is 1.55. The molecule has 0 atom stereocenters. The molecule has 2 aromatic carbocycles. The summed E-state index contributed by atoms with van der Waals surface area (Å²) in [6.45, 7) is 1.77. The van der Waals surface area contributed by atoms with Crippen molar-refractivity contribution in [2.24, 2.45) is 5.92 Å². The van der Waals surface area contributed by atoms with Crippen LogP contribution in [0.2, 0.25) is 0 Å². The van der Waals surface area contributed by atoms with E-state index in [0.29, 0.717) is 25.3 Å². The molecule has 130 valence electrons. The summed E-state index contributed by atoms with van der Waals surface area (Å²) in [5.41, 5.74) is 2.80. The second kappa shape index (κ2) is 7.94. The monoisotopic (exact) mass is 339 g/mol. The number of aromatic carboxylic acids is 1. The molecule has 5 heteroatoms. The SMILES string of the molecule is O=C(O)c1ccccc1-c1ccc(CNC(=O)C2CCOCC2)cc1. The lowest BCUT2D eigenvalue weighted by molar-refractivity contribution is -0.128. The third-order valence-corrected chi connectivity index (χ3v) is 4.48. The van der Waals surface area contributed by atoms with E-state index >= 15 is 0 Å². The maximum atomic E-state index is 12.1. The van der Waals surface area contributed by atoms with Crippen molar-refractivity contribution in [2.45, 2.75) is 19.4 Å². The zero-order chi connectivity index (χ0) is 17.6. The smallest absolute Gasteiger partial charge is 0.336 e. The molecule has 0 aromatic heterocycles. The van der Waals surface area contributed by atoms with E-state index in [9.17, 15) is 14.7 Å². The summed E-state index contributed by atoms with van der Waals surface area (Å²) in [5.74, 6) is -0.831. The maximum Gasteiger partial charge on any atom is 0.336 e. The number of hydrogen-bond acceptors (Lipinski definition) is 3. The van der Waals surface area contributed by atoms with Gasteiger partial charge in [0.25, 0.3) is 0 Å². The van der Waals surface area contributed by atoms with Crippen molar-refractivity contribution in [3.63, 3.8) is 0 Å². The topological polar surface area (TPSA) is 75.6 Å². The van der Waals surface area contributed by atoms with E-state index in [1.807, 2.05) is 30.3 Å². The van der Waals surface area contributed by atoms with Crippen LogP contribution in [0.15, 0.2) is 48.5 Å². The molecule has 2 N–H and O–H groups in total. The van der Waals surface area contributed by atoms with Gasteiger partial charge in [0.15, 0.2) is 0 Å². The quantitative estimate of drug-likeness (QED) is 0.878. The third-order valence-electron chi connectivity index (χ3n) is 4.48. The normalized spacial score (nSPS) is 14.9. The number of hydrogen-bond donors (Lipinski definition) is 2. The van der Waals surface area contributed by atoms with Crippen molar-refractivity contribution in [1.82, 2.24) is 5.32 Å². The van der Waals surface area contributed by atoms with Gasteiger partial charge in [-0.3, -0.25) is 4.79 Å². The van der Waals surface area contributed by atoms with E-state index in [4.69, 9.17) is 4.74 Å². The van der Waals surface area contributed by atoms with Crippen molar-refractivity contribution in [1.29, 1.82) is 0 Å². The van der Waals surface area contributed by atoms with Crippen molar-refractivity contribution < 1.29 is 19.4 Å². The molecular formula is C20H21NO4. The third kappa shape index (κ3) is 4.25. The molecule has 0 bridgehead atoms. The van der Waals surface area contributed by atoms with Gasteiger partial charge in [-0.05, 0) is 35.6 Å². The fraction of sp³-hybridized carbons (Fsp3) is 0.300. The van der Waals surface area contributed by atoms with E-state index in [-0.39, 0.29) is 17.4 Å². The molecule has 5 nitrogen and oxygen atoms in total. The van der Waals surface area contributed by atoms with Gasteiger partial charge in [0.2, 0.25) is 5.91 Å². The number of ether oxygens (including phenoxy) is 1. The number of amides is 1. The van der Waals surface area contributed by atoms with Crippen LogP contribution >= 0.6 is 0 Å². The molecule has 1 fully saturated rings. The average Bonchev–Trinajstić information content (AvgIpc) is 2.67. The molecule has 2 aromatic rings. The van der Waals surface area contributed by atoms with Crippen LogP contribution in [-0.2, 0) is 16.1 Å². The van der Waals surface area contributed by atoms with Crippen LogP contribution in [0.4, 0.5) is 0 Å². The van der Waals surface area contributed by atoms with Gasteiger partial charge in [-0.25, -0.2) is 4.79 Å². The van der Waals surface area contributed by atoms with Gasteiger partial charge in [-0.15, -0.1) is 0 Å². The Morgan fingerprint density at radius 3 is 2.40 bits per heavy atom. The average molecular weight is 339 g/mol. The number of carbonyl (C=O) groups is 2. The van der Waals surface area contributed by atoms with Crippen LogP contribution in [0, 0.1) is 5.92 Å². The van der Waals surface area contributed by atoms with Crippen molar-refractivity contribution in [3.05, 3.63) is 59.7 Å². The minimum Gasteiger partial charge on any atom is -0.478 e. The van der Waals surface area contributed by atoms with Crippen LogP contribution in [0.5, 0.6) is 0 Å². The van der Waals surface area contributed by atoms with Gasteiger partial charge in [-0.1, -0.05) is 42.5 Å². The Morgan fingerprint density at radius 2 is 1.72 bits per heavy atom. The Labute approximate surface area is 146 Å². The fourth-order valence-corrected chi connectivity index (χ4v) is 3.02. The lowest BCUT2D eigenvalue weighted by atomic mass is 9.98. The first-order chi connectivity index (χ1) is 12.1. The standard InChI is InChI=1S/C20H21NO4/c22-19(16-9-11-25-12-10-16)21-13-14-5-7-15(8-6-14)17-3-1-2-4-18(17)20(23)24/h1-8,16H,9-13H2,(H,21,22)(H,23,24). The zero-order valence-corrected chi connectivity index (χ0v) is 13.9. The fourth-order valence-electron chi connectivity index (χ4n) is 3.02. The number of carbonyl (C=O) groups excluding carboxylic acids is 1. The first kappa shape index (κ1) is 17.2. The summed E-state index contributed by atoms with van der Waals surface area (Å²) in [6, 6.07) is 14.5. The Hall–Kier alpha value is -2.66. The number of rotatable bonds is 5. The predicted octanol–water partition coefficient (Wildman–Crippen LogP) is 3.09. The lowest BCUT2D eigenvalue weighted by Gasteiger charge is -2.21. The first-order valence-corrected chi connectivity index (χ1v) is 8.42. The number of benzene rings is 2. The summed E-state index contributed by atoms with van der Waals surface area (Å²) in [7, 11) is 0. The highest BCUT2D eigenvalue weighted by atomic mass is 16.5. The van der Waals surface area contributed by atoms with Gasteiger partial charge in [0, 0.05) is 25.7 Å². The maximum absolute atomic E-state index is 12.1. The molecule has 0 radical (unpaired) electrons. The number of carboxylic acids is 1. The molecule has 25 heavy (non-hydrogen) atoms. The summed E-state index contributed by atoms with van der Waals surface area (Å²) < 4.78 is 5.27. The largest absolute Gasteiger partial charge is 0.478 e. The van der Waals surface area contributed by atoms with Crippen LogP contribution in [0.25, 0.3) is 11.1 Å². The second-order valence-electron chi connectivity index (χ2n) is 6.15. The molecular weight excluding hydrogens is 318 g/mol. The predicted molar refractivity (Wildman–Crippen MR) is 94.2 cm³/mol. The molecule has 1 saturated heterocycles. The molecule has 0 spiro atoms. The Kier molecular flexibility index (Phi) is 5.46. The van der Waals surface area contributed by atoms with Crippen molar-refractivity contribution in [3.8, 4) is 11.1 Å². The van der Waals surface area contributed by atoms with Crippen molar-refractivity contribution >= 4 is 11.9 Å². The number of nitrogens with one attached hydrogen (secondary N) is 1. The zero-order valence-electron chi connectivity index (χ0n) is 13.9.